The van der Waals surface area contributed by atoms with Crippen molar-refractivity contribution in [2.45, 2.75) is 26.8 Å². The minimum atomic E-state index is -0.670. The van der Waals surface area contributed by atoms with Crippen molar-refractivity contribution in [3.8, 4) is 5.75 Å². The van der Waals surface area contributed by atoms with Gasteiger partial charge in [0.2, 0.25) is 5.91 Å². The molecule has 27 heavy (non-hydrogen) atoms. The van der Waals surface area contributed by atoms with Crippen LogP contribution in [0.25, 0.3) is 0 Å². The van der Waals surface area contributed by atoms with E-state index in [4.69, 9.17) is 27.9 Å². The monoisotopic (exact) mass is 406 g/mol. The van der Waals surface area contributed by atoms with Crippen LogP contribution in [0.2, 0.25) is 10.0 Å². The van der Waals surface area contributed by atoms with Crippen molar-refractivity contribution >= 4 is 40.7 Å². The van der Waals surface area contributed by atoms with Gasteiger partial charge in [-0.1, -0.05) is 35.3 Å². The molecule has 0 aromatic heterocycles. The summed E-state index contributed by atoms with van der Waals surface area (Å²) in [5, 5.41) is 3.71. The van der Waals surface area contributed by atoms with Gasteiger partial charge in [-0.15, -0.1) is 0 Å². The van der Waals surface area contributed by atoms with Crippen molar-refractivity contribution in [1.82, 2.24) is 5.32 Å². The highest BCUT2D eigenvalue weighted by atomic mass is 35.5. The van der Waals surface area contributed by atoms with Gasteiger partial charge in [0.1, 0.15) is 18.4 Å². The second-order valence-electron chi connectivity index (χ2n) is 6.51. The molecule has 1 heterocycles. The van der Waals surface area contributed by atoms with E-state index in [1.54, 1.807) is 23.1 Å². The van der Waals surface area contributed by atoms with Gasteiger partial charge in [0.05, 0.1) is 17.3 Å². The van der Waals surface area contributed by atoms with E-state index in [1.807, 2.05) is 26.0 Å². The minimum Gasteiger partial charge on any atom is -0.490 e. The van der Waals surface area contributed by atoms with Gasteiger partial charge < -0.3 is 15.0 Å². The smallest absolute Gasteiger partial charge is 0.254 e. The second kappa shape index (κ2) is 7.79. The first-order valence-corrected chi connectivity index (χ1v) is 9.31. The number of hydrogen-bond donors (Lipinski definition) is 1. The molecule has 5 nitrogen and oxygen atoms in total. The molecule has 1 aliphatic rings. The van der Waals surface area contributed by atoms with Gasteiger partial charge >= 0.3 is 0 Å². The number of fused-ring (bicyclic) bond motifs is 1. The largest absolute Gasteiger partial charge is 0.490 e. The summed E-state index contributed by atoms with van der Waals surface area (Å²) < 4.78 is 5.73. The number of benzene rings is 2. The van der Waals surface area contributed by atoms with Crippen LogP contribution in [0.1, 0.15) is 29.7 Å². The van der Waals surface area contributed by atoms with Gasteiger partial charge in [-0.25, -0.2) is 0 Å². The number of ether oxygens (including phenoxy) is 1. The van der Waals surface area contributed by atoms with Crippen molar-refractivity contribution < 1.29 is 14.3 Å². The Morgan fingerprint density at radius 1 is 1.19 bits per heavy atom. The van der Waals surface area contributed by atoms with E-state index in [0.717, 1.165) is 22.4 Å². The van der Waals surface area contributed by atoms with Gasteiger partial charge in [-0.3, -0.25) is 9.59 Å². The highest BCUT2D eigenvalue weighted by molar-refractivity contribution is 6.35. The summed E-state index contributed by atoms with van der Waals surface area (Å²) in [5.41, 5.74) is 3.62. The fraction of sp³-hybridized carbons (Fsp3) is 0.300. The molecule has 7 heteroatoms. The Labute approximate surface area is 168 Å². The lowest BCUT2D eigenvalue weighted by Crippen LogP contribution is -2.38. The molecular formula is C20H20Cl2N2O3. The van der Waals surface area contributed by atoms with Crippen molar-refractivity contribution in [1.29, 1.82) is 0 Å². The molecule has 1 atom stereocenters. The molecule has 0 saturated heterocycles. The average Bonchev–Trinajstić information content (AvgIpc) is 2.86. The molecule has 0 spiro atoms. The molecule has 2 amide bonds. The van der Waals surface area contributed by atoms with E-state index in [2.05, 4.69) is 5.32 Å². The maximum Gasteiger partial charge on any atom is 0.254 e. The zero-order valence-electron chi connectivity index (χ0n) is 15.3. The van der Waals surface area contributed by atoms with E-state index in [0.29, 0.717) is 22.3 Å². The predicted molar refractivity (Wildman–Crippen MR) is 107 cm³/mol. The van der Waals surface area contributed by atoms with Crippen LogP contribution in [0.3, 0.4) is 0 Å². The summed E-state index contributed by atoms with van der Waals surface area (Å²) in [7, 11) is 0. The SMILES string of the molecule is CC(=O)NC1C(=O)N(CCOc2ccc(Cl)cc2Cl)c2c(C)ccc(C)c21. The van der Waals surface area contributed by atoms with Gasteiger partial charge in [0, 0.05) is 17.5 Å². The first-order valence-electron chi connectivity index (χ1n) is 8.56. The van der Waals surface area contributed by atoms with Gasteiger partial charge in [-0.2, -0.15) is 0 Å². The van der Waals surface area contributed by atoms with Crippen molar-refractivity contribution in [2.24, 2.45) is 0 Å². The highest BCUT2D eigenvalue weighted by Gasteiger charge is 2.39. The van der Waals surface area contributed by atoms with Crippen molar-refractivity contribution in [2.75, 3.05) is 18.1 Å². The lowest BCUT2D eigenvalue weighted by atomic mass is 9.99. The zero-order chi connectivity index (χ0) is 19.7. The fourth-order valence-corrected chi connectivity index (χ4v) is 3.79. The van der Waals surface area contributed by atoms with Crippen molar-refractivity contribution in [3.05, 3.63) is 57.1 Å². The number of halogens is 2. The van der Waals surface area contributed by atoms with E-state index < -0.39 is 6.04 Å². The number of carbonyl (C=O) groups excluding carboxylic acids is 2. The Hall–Kier alpha value is -2.24. The van der Waals surface area contributed by atoms with Crippen LogP contribution in [0.5, 0.6) is 5.75 Å². The minimum absolute atomic E-state index is 0.164. The van der Waals surface area contributed by atoms with E-state index in [1.165, 1.54) is 6.92 Å². The third-order valence-electron chi connectivity index (χ3n) is 4.52. The number of rotatable bonds is 5. The molecule has 2 aromatic rings. The van der Waals surface area contributed by atoms with Crippen molar-refractivity contribution in [3.63, 3.8) is 0 Å². The normalized spacial score (nSPS) is 15.7. The van der Waals surface area contributed by atoms with Crippen LogP contribution in [0.15, 0.2) is 30.3 Å². The summed E-state index contributed by atoms with van der Waals surface area (Å²) in [5.74, 6) is 0.0990. The van der Waals surface area contributed by atoms with Crippen LogP contribution in [-0.4, -0.2) is 25.0 Å². The zero-order valence-corrected chi connectivity index (χ0v) is 16.8. The van der Waals surface area contributed by atoms with E-state index in [-0.39, 0.29) is 18.4 Å². The Morgan fingerprint density at radius 3 is 2.56 bits per heavy atom. The standard InChI is InChI=1S/C20H20Cl2N2O3/c1-11-4-5-12(2)19-17(11)18(23-13(3)25)20(26)24(19)8-9-27-16-7-6-14(21)10-15(16)22/h4-7,10,18H,8-9H2,1-3H3,(H,23,25). The summed E-state index contributed by atoms with van der Waals surface area (Å²) in [4.78, 5) is 26.2. The number of amides is 2. The second-order valence-corrected chi connectivity index (χ2v) is 7.35. The van der Waals surface area contributed by atoms with Crippen LogP contribution in [0, 0.1) is 13.8 Å². The first-order chi connectivity index (χ1) is 12.8. The Bertz CT molecular complexity index is 914. The van der Waals surface area contributed by atoms with Gasteiger partial charge in [0.25, 0.3) is 5.91 Å². The topological polar surface area (TPSA) is 58.6 Å². The number of nitrogens with one attached hydrogen (secondary N) is 1. The summed E-state index contributed by atoms with van der Waals surface area (Å²) in [6, 6.07) is 8.26. The predicted octanol–water partition coefficient (Wildman–Crippen LogP) is 4.21. The number of carbonyl (C=O) groups is 2. The van der Waals surface area contributed by atoms with Gasteiger partial charge in [-0.05, 0) is 43.2 Å². The number of hydrogen-bond acceptors (Lipinski definition) is 3. The lowest BCUT2D eigenvalue weighted by molar-refractivity contribution is -0.126. The van der Waals surface area contributed by atoms with Gasteiger partial charge in [0.15, 0.2) is 0 Å². The average molecular weight is 407 g/mol. The molecule has 3 rings (SSSR count). The molecule has 0 fully saturated rings. The molecule has 2 aromatic carbocycles. The Kier molecular flexibility index (Phi) is 5.63. The summed E-state index contributed by atoms with van der Waals surface area (Å²) >= 11 is 12.0. The number of aryl methyl sites for hydroxylation is 2. The number of anilines is 1. The van der Waals surface area contributed by atoms with Crippen LogP contribution >= 0.6 is 23.2 Å². The molecule has 1 aliphatic heterocycles. The summed E-state index contributed by atoms with van der Waals surface area (Å²) in [6.45, 7) is 5.89. The molecule has 0 aliphatic carbocycles. The van der Waals surface area contributed by atoms with Crippen LogP contribution in [0.4, 0.5) is 5.69 Å². The molecule has 1 unspecified atom stereocenters. The summed E-state index contributed by atoms with van der Waals surface area (Å²) in [6.07, 6.45) is 0. The Morgan fingerprint density at radius 2 is 1.89 bits per heavy atom. The van der Waals surface area contributed by atoms with E-state index >= 15 is 0 Å². The maximum atomic E-state index is 13.0. The third-order valence-corrected chi connectivity index (χ3v) is 5.05. The van der Waals surface area contributed by atoms with Crippen LogP contribution < -0.4 is 15.0 Å². The first kappa shape index (κ1) is 19.5. The molecule has 1 N–H and O–H groups in total. The Balaban J connectivity index is 1.82. The van der Waals surface area contributed by atoms with Crippen LogP contribution in [-0.2, 0) is 9.59 Å². The van der Waals surface area contributed by atoms with E-state index in [9.17, 15) is 9.59 Å². The highest BCUT2D eigenvalue weighted by Crippen LogP contribution is 2.40. The molecule has 0 bridgehead atoms. The fourth-order valence-electron chi connectivity index (χ4n) is 3.33. The lowest BCUT2D eigenvalue weighted by Gasteiger charge is -2.20. The maximum absolute atomic E-state index is 13.0. The third kappa shape index (κ3) is 3.89. The number of nitrogens with zero attached hydrogens (tertiary/aromatic N) is 1. The molecule has 0 radical (unpaired) electrons. The molecule has 142 valence electrons. The molecular weight excluding hydrogens is 387 g/mol. The quantitative estimate of drug-likeness (QED) is 0.808. The molecule has 0 saturated carbocycles.